The highest BCUT2D eigenvalue weighted by Gasteiger charge is 1.99. The Labute approximate surface area is 146 Å². The first-order chi connectivity index (χ1) is 12.1. The molecule has 1 amide bonds. The number of nitriles is 1. The summed E-state index contributed by atoms with van der Waals surface area (Å²) >= 11 is 0. The molecule has 0 aliphatic carbocycles. The summed E-state index contributed by atoms with van der Waals surface area (Å²) < 4.78 is 4.69. The molecule has 0 heterocycles. The molecule has 2 rings (SSSR count). The number of ether oxygens (including phenoxy) is 1. The molecular formula is C19H20N4O2. The van der Waals surface area contributed by atoms with Crippen LogP contribution < -0.4 is 21.5 Å². The van der Waals surface area contributed by atoms with E-state index < -0.39 is 0 Å². The highest BCUT2D eigenvalue weighted by atomic mass is 16.5. The predicted octanol–water partition coefficient (Wildman–Crippen LogP) is 2.47. The summed E-state index contributed by atoms with van der Waals surface area (Å²) in [5.74, 6) is 0.302. The minimum absolute atomic E-state index is 0.163. The first-order valence-corrected chi connectivity index (χ1v) is 7.83. The van der Waals surface area contributed by atoms with Gasteiger partial charge in [0.15, 0.2) is 0 Å². The average molecular weight is 336 g/mol. The van der Waals surface area contributed by atoms with Crippen LogP contribution in [-0.2, 0) is 11.2 Å². The molecule has 0 saturated heterocycles. The van der Waals surface area contributed by atoms with Crippen molar-refractivity contribution < 1.29 is 9.53 Å². The van der Waals surface area contributed by atoms with Gasteiger partial charge in [0.05, 0.1) is 0 Å². The lowest BCUT2D eigenvalue weighted by atomic mass is 10.1. The molecule has 2 aromatic carbocycles. The number of nitrogens with one attached hydrogen (secondary N) is 1. The molecule has 6 heteroatoms. The molecule has 0 aromatic heterocycles. The van der Waals surface area contributed by atoms with Crippen molar-refractivity contribution in [2.24, 2.45) is 0 Å². The maximum atomic E-state index is 11.8. The first kappa shape index (κ1) is 17.9. The monoisotopic (exact) mass is 336 g/mol. The number of benzene rings is 2. The Morgan fingerprint density at radius 3 is 2.48 bits per heavy atom. The molecule has 0 unspecified atom stereocenters. The second-order valence-corrected chi connectivity index (χ2v) is 5.50. The minimum Gasteiger partial charge on any atom is -0.399 e. The minimum atomic E-state index is -0.163. The number of rotatable bonds is 7. The smallest absolute Gasteiger partial charge is 0.292 e. The van der Waals surface area contributed by atoms with Crippen LogP contribution in [0.1, 0.15) is 17.5 Å². The second kappa shape index (κ2) is 8.99. The molecule has 0 spiro atoms. The number of carbonyl (C=O) groups is 1. The third-order valence-corrected chi connectivity index (χ3v) is 3.45. The molecule has 0 aliphatic heterocycles. The van der Waals surface area contributed by atoms with Gasteiger partial charge in [-0.05, 0) is 60.4 Å². The number of nitrogen functional groups attached to an aromatic ring is 2. The SMILES string of the molecule is N#COc1ccc(/C=C/C(=O)NCCCc2cc(N)cc(N)c2)cc1. The van der Waals surface area contributed by atoms with Crippen LogP contribution in [0.5, 0.6) is 5.75 Å². The van der Waals surface area contributed by atoms with Gasteiger partial charge < -0.3 is 21.5 Å². The van der Waals surface area contributed by atoms with Crippen LogP contribution in [0, 0.1) is 11.5 Å². The number of aryl methyl sites for hydroxylation is 1. The quantitative estimate of drug-likeness (QED) is 0.311. The van der Waals surface area contributed by atoms with Gasteiger partial charge in [0.1, 0.15) is 5.75 Å². The lowest BCUT2D eigenvalue weighted by molar-refractivity contribution is -0.116. The number of nitrogens with two attached hydrogens (primary N) is 2. The Morgan fingerprint density at radius 2 is 1.84 bits per heavy atom. The Morgan fingerprint density at radius 1 is 1.16 bits per heavy atom. The van der Waals surface area contributed by atoms with E-state index >= 15 is 0 Å². The summed E-state index contributed by atoms with van der Waals surface area (Å²) in [5.41, 5.74) is 14.7. The van der Waals surface area contributed by atoms with Gasteiger partial charge >= 0.3 is 0 Å². The summed E-state index contributed by atoms with van der Waals surface area (Å²) in [6.07, 6.45) is 6.36. The van der Waals surface area contributed by atoms with E-state index in [1.807, 2.05) is 12.1 Å². The fourth-order valence-electron chi connectivity index (χ4n) is 2.32. The Kier molecular flexibility index (Phi) is 6.43. The topological polar surface area (TPSA) is 114 Å². The van der Waals surface area contributed by atoms with Crippen molar-refractivity contribution in [3.05, 3.63) is 59.7 Å². The number of carbonyl (C=O) groups excluding carboxylic acids is 1. The van der Waals surface area contributed by atoms with E-state index in [4.69, 9.17) is 16.7 Å². The van der Waals surface area contributed by atoms with E-state index in [0.29, 0.717) is 23.7 Å². The maximum Gasteiger partial charge on any atom is 0.292 e. The van der Waals surface area contributed by atoms with Crippen molar-refractivity contribution in [3.8, 4) is 12.0 Å². The van der Waals surface area contributed by atoms with Crippen LogP contribution in [0.15, 0.2) is 48.5 Å². The normalized spacial score (nSPS) is 10.4. The molecule has 128 valence electrons. The second-order valence-electron chi connectivity index (χ2n) is 5.50. The van der Waals surface area contributed by atoms with E-state index in [1.54, 1.807) is 42.7 Å². The van der Waals surface area contributed by atoms with Crippen LogP contribution >= 0.6 is 0 Å². The van der Waals surface area contributed by atoms with E-state index in [0.717, 1.165) is 24.0 Å². The number of hydrogen-bond acceptors (Lipinski definition) is 5. The summed E-state index contributed by atoms with van der Waals surface area (Å²) in [6.45, 7) is 0.562. The fourth-order valence-corrected chi connectivity index (χ4v) is 2.32. The predicted molar refractivity (Wildman–Crippen MR) is 98.3 cm³/mol. The lowest BCUT2D eigenvalue weighted by Crippen LogP contribution is -2.22. The zero-order valence-corrected chi connectivity index (χ0v) is 13.7. The van der Waals surface area contributed by atoms with E-state index in [2.05, 4.69) is 10.1 Å². The molecule has 0 saturated carbocycles. The van der Waals surface area contributed by atoms with E-state index in [9.17, 15) is 4.79 Å². The molecule has 0 bridgehead atoms. The summed E-state index contributed by atoms with van der Waals surface area (Å²) in [5, 5.41) is 11.2. The Bertz CT molecular complexity index is 772. The van der Waals surface area contributed by atoms with Crippen molar-refractivity contribution in [1.82, 2.24) is 5.32 Å². The number of amides is 1. The van der Waals surface area contributed by atoms with Gasteiger partial charge in [-0.15, -0.1) is 5.26 Å². The molecule has 25 heavy (non-hydrogen) atoms. The summed E-state index contributed by atoms with van der Waals surface area (Å²) in [7, 11) is 0. The lowest BCUT2D eigenvalue weighted by Gasteiger charge is -2.05. The number of nitrogens with zero attached hydrogens (tertiary/aromatic N) is 1. The molecular weight excluding hydrogens is 316 g/mol. The zero-order valence-electron chi connectivity index (χ0n) is 13.7. The molecule has 2 aromatic rings. The molecule has 5 N–H and O–H groups in total. The highest BCUT2D eigenvalue weighted by Crippen LogP contribution is 2.15. The van der Waals surface area contributed by atoms with Gasteiger partial charge in [-0.2, -0.15) is 0 Å². The van der Waals surface area contributed by atoms with Crippen molar-refractivity contribution in [3.63, 3.8) is 0 Å². The summed E-state index contributed by atoms with van der Waals surface area (Å²) in [6, 6.07) is 12.3. The zero-order chi connectivity index (χ0) is 18.1. The third-order valence-electron chi connectivity index (χ3n) is 3.45. The highest BCUT2D eigenvalue weighted by molar-refractivity contribution is 5.91. The molecule has 0 aliphatic rings. The van der Waals surface area contributed by atoms with Crippen molar-refractivity contribution in [2.45, 2.75) is 12.8 Å². The Hall–Kier alpha value is -3.46. The van der Waals surface area contributed by atoms with Crippen LogP contribution in [0.3, 0.4) is 0 Å². The number of anilines is 2. The molecule has 0 atom stereocenters. The van der Waals surface area contributed by atoms with Gasteiger partial charge in [-0.25, -0.2) is 0 Å². The first-order valence-electron chi connectivity index (χ1n) is 7.83. The van der Waals surface area contributed by atoms with Crippen LogP contribution in [0.2, 0.25) is 0 Å². The average Bonchev–Trinajstić information content (AvgIpc) is 2.57. The Balaban J connectivity index is 1.74. The van der Waals surface area contributed by atoms with Gasteiger partial charge in [-0.3, -0.25) is 4.79 Å². The summed E-state index contributed by atoms with van der Waals surface area (Å²) in [4.78, 5) is 11.8. The fraction of sp³-hybridized carbons (Fsp3) is 0.158. The van der Waals surface area contributed by atoms with Gasteiger partial charge in [0.2, 0.25) is 5.91 Å². The van der Waals surface area contributed by atoms with Crippen molar-refractivity contribution >= 4 is 23.4 Å². The van der Waals surface area contributed by atoms with Gasteiger partial charge in [-0.1, -0.05) is 12.1 Å². The van der Waals surface area contributed by atoms with Gasteiger partial charge in [0.25, 0.3) is 6.26 Å². The maximum absolute atomic E-state index is 11.8. The van der Waals surface area contributed by atoms with Crippen LogP contribution in [0.4, 0.5) is 11.4 Å². The van der Waals surface area contributed by atoms with Gasteiger partial charge in [0, 0.05) is 24.0 Å². The largest absolute Gasteiger partial charge is 0.399 e. The van der Waals surface area contributed by atoms with Crippen molar-refractivity contribution in [1.29, 1.82) is 5.26 Å². The van der Waals surface area contributed by atoms with Crippen LogP contribution in [-0.4, -0.2) is 12.5 Å². The number of hydrogen-bond donors (Lipinski definition) is 3. The van der Waals surface area contributed by atoms with Crippen molar-refractivity contribution in [2.75, 3.05) is 18.0 Å². The molecule has 6 nitrogen and oxygen atoms in total. The van der Waals surface area contributed by atoms with E-state index in [-0.39, 0.29) is 5.91 Å². The van der Waals surface area contributed by atoms with Crippen LogP contribution in [0.25, 0.3) is 6.08 Å². The standard InChI is InChI=1S/C19H20N4O2/c20-13-25-18-6-3-14(4-7-18)5-8-19(24)23-9-1-2-15-10-16(21)12-17(22)11-15/h3-8,10-12H,1-2,9,21-22H2,(H,23,24)/b8-5+. The molecule has 0 fully saturated rings. The van der Waals surface area contributed by atoms with E-state index in [1.165, 1.54) is 6.08 Å². The third kappa shape index (κ3) is 6.28. The molecule has 0 radical (unpaired) electrons.